The molecule has 1 heterocycles. The molecule has 0 radical (unpaired) electrons. The molecule has 0 aliphatic carbocycles. The fraction of sp³-hybridized carbons (Fsp3) is 0.385. The van der Waals surface area contributed by atoms with Gasteiger partial charge in [0.05, 0.1) is 6.42 Å². The van der Waals surface area contributed by atoms with Gasteiger partial charge in [-0.15, -0.1) is 0 Å². The van der Waals surface area contributed by atoms with Gasteiger partial charge >= 0.3 is 0 Å². The minimum absolute atomic E-state index is 0.0258. The van der Waals surface area contributed by atoms with E-state index in [1.165, 1.54) is 0 Å². The van der Waals surface area contributed by atoms with Gasteiger partial charge in [-0.25, -0.2) is 0 Å². The number of hydrogen-bond acceptors (Lipinski definition) is 3. The number of anilines is 1. The third-order valence-corrected chi connectivity index (χ3v) is 3.15. The Bertz CT molecular complexity index is 456. The Labute approximate surface area is 106 Å². The number of nitrogens with two attached hydrogens (primary N) is 1. The molecule has 0 spiro atoms. The van der Waals surface area contributed by atoms with Crippen molar-refractivity contribution in [1.82, 2.24) is 10.2 Å². The molecular formula is C13H17N3O2. The van der Waals surface area contributed by atoms with E-state index in [0.29, 0.717) is 25.2 Å². The van der Waals surface area contributed by atoms with Crippen LogP contribution in [-0.2, 0) is 16.0 Å². The average molecular weight is 247 g/mol. The summed E-state index contributed by atoms with van der Waals surface area (Å²) in [5, 5.41) is 2.74. The third-order valence-electron chi connectivity index (χ3n) is 3.15. The molecule has 18 heavy (non-hydrogen) atoms. The summed E-state index contributed by atoms with van der Waals surface area (Å²) in [5.41, 5.74) is 7.18. The number of carbonyl (C=O) groups is 2. The number of carbonyl (C=O) groups excluding carboxylic acids is 2. The molecule has 2 amide bonds. The zero-order chi connectivity index (χ0) is 13.1. The molecule has 2 rings (SSSR count). The van der Waals surface area contributed by atoms with Crippen molar-refractivity contribution in [2.75, 3.05) is 18.8 Å². The van der Waals surface area contributed by atoms with Crippen LogP contribution in [0, 0.1) is 0 Å². The highest BCUT2D eigenvalue weighted by Gasteiger charge is 2.28. The van der Waals surface area contributed by atoms with Crippen molar-refractivity contribution in [3.63, 3.8) is 0 Å². The fourth-order valence-electron chi connectivity index (χ4n) is 2.03. The van der Waals surface area contributed by atoms with E-state index in [1.807, 2.05) is 12.1 Å². The highest BCUT2D eigenvalue weighted by molar-refractivity contribution is 5.89. The molecular weight excluding hydrogens is 230 g/mol. The van der Waals surface area contributed by atoms with Gasteiger partial charge in [-0.1, -0.05) is 12.1 Å². The third kappa shape index (κ3) is 2.61. The van der Waals surface area contributed by atoms with Crippen LogP contribution in [0.15, 0.2) is 24.3 Å². The number of benzene rings is 1. The normalized spacial score (nSPS) is 19.5. The highest BCUT2D eigenvalue weighted by Crippen LogP contribution is 2.10. The lowest BCUT2D eigenvalue weighted by atomic mass is 10.1. The minimum Gasteiger partial charge on any atom is -0.399 e. The maximum absolute atomic E-state index is 12.1. The first-order valence-corrected chi connectivity index (χ1v) is 5.99. The van der Waals surface area contributed by atoms with Crippen LogP contribution < -0.4 is 11.1 Å². The van der Waals surface area contributed by atoms with Gasteiger partial charge in [0, 0.05) is 18.8 Å². The van der Waals surface area contributed by atoms with E-state index in [-0.39, 0.29) is 17.9 Å². The number of hydrogen-bond donors (Lipinski definition) is 2. The zero-order valence-electron chi connectivity index (χ0n) is 10.3. The van der Waals surface area contributed by atoms with Gasteiger partial charge in [0.2, 0.25) is 11.8 Å². The summed E-state index contributed by atoms with van der Waals surface area (Å²) in [4.78, 5) is 25.2. The molecule has 5 nitrogen and oxygen atoms in total. The number of piperazine rings is 1. The molecule has 1 fully saturated rings. The first-order valence-electron chi connectivity index (χ1n) is 5.99. The number of amides is 2. The summed E-state index contributed by atoms with van der Waals surface area (Å²) < 4.78 is 0. The van der Waals surface area contributed by atoms with Crippen LogP contribution in [-0.4, -0.2) is 35.8 Å². The Morgan fingerprint density at radius 1 is 1.44 bits per heavy atom. The number of rotatable bonds is 2. The molecule has 0 saturated carbocycles. The van der Waals surface area contributed by atoms with E-state index in [4.69, 9.17) is 5.73 Å². The quantitative estimate of drug-likeness (QED) is 0.731. The van der Waals surface area contributed by atoms with Crippen molar-refractivity contribution in [2.45, 2.75) is 19.4 Å². The van der Waals surface area contributed by atoms with Crippen LogP contribution in [0.2, 0.25) is 0 Å². The van der Waals surface area contributed by atoms with E-state index in [0.717, 1.165) is 5.56 Å². The number of nitrogen functional groups attached to an aromatic ring is 1. The largest absolute Gasteiger partial charge is 0.399 e. The second-order valence-electron chi connectivity index (χ2n) is 4.47. The van der Waals surface area contributed by atoms with E-state index >= 15 is 0 Å². The molecule has 1 aliphatic heterocycles. The Kier molecular flexibility index (Phi) is 3.50. The summed E-state index contributed by atoms with van der Waals surface area (Å²) in [7, 11) is 0. The van der Waals surface area contributed by atoms with Crippen LogP contribution in [0.3, 0.4) is 0 Å². The Morgan fingerprint density at radius 3 is 2.78 bits per heavy atom. The van der Waals surface area contributed by atoms with Crippen molar-refractivity contribution in [2.24, 2.45) is 0 Å². The second-order valence-corrected chi connectivity index (χ2v) is 4.47. The minimum atomic E-state index is -0.389. The summed E-state index contributed by atoms with van der Waals surface area (Å²) in [6, 6.07) is 6.83. The van der Waals surface area contributed by atoms with Crippen LogP contribution in [0.4, 0.5) is 5.69 Å². The van der Waals surface area contributed by atoms with Gasteiger partial charge in [-0.05, 0) is 24.6 Å². The maximum Gasteiger partial charge on any atom is 0.242 e. The molecule has 1 unspecified atom stereocenters. The van der Waals surface area contributed by atoms with Crippen molar-refractivity contribution in [3.05, 3.63) is 29.8 Å². The smallest absolute Gasteiger partial charge is 0.242 e. The molecule has 3 N–H and O–H groups in total. The number of nitrogens with zero attached hydrogens (tertiary/aromatic N) is 1. The highest BCUT2D eigenvalue weighted by atomic mass is 16.2. The summed E-state index contributed by atoms with van der Waals surface area (Å²) in [5.74, 6) is -0.117. The fourth-order valence-corrected chi connectivity index (χ4v) is 2.03. The van der Waals surface area contributed by atoms with Gasteiger partial charge in [0.15, 0.2) is 0 Å². The van der Waals surface area contributed by atoms with Crippen molar-refractivity contribution in [3.8, 4) is 0 Å². The van der Waals surface area contributed by atoms with Gasteiger partial charge in [0.1, 0.15) is 6.04 Å². The van der Waals surface area contributed by atoms with Gasteiger partial charge in [0.25, 0.3) is 0 Å². The van der Waals surface area contributed by atoms with Gasteiger partial charge in [-0.2, -0.15) is 0 Å². The Morgan fingerprint density at radius 2 is 2.11 bits per heavy atom. The number of nitrogens with one attached hydrogen (secondary N) is 1. The Balaban J connectivity index is 2.03. The van der Waals surface area contributed by atoms with Gasteiger partial charge < -0.3 is 16.0 Å². The summed E-state index contributed by atoms with van der Waals surface area (Å²) >= 11 is 0. The van der Waals surface area contributed by atoms with Crippen LogP contribution in [0.25, 0.3) is 0 Å². The predicted molar refractivity (Wildman–Crippen MR) is 68.7 cm³/mol. The van der Waals surface area contributed by atoms with E-state index in [1.54, 1.807) is 24.0 Å². The maximum atomic E-state index is 12.1. The van der Waals surface area contributed by atoms with E-state index < -0.39 is 0 Å². The topological polar surface area (TPSA) is 75.4 Å². The molecule has 1 aromatic carbocycles. The molecule has 96 valence electrons. The molecule has 0 aromatic heterocycles. The zero-order valence-corrected chi connectivity index (χ0v) is 10.3. The van der Waals surface area contributed by atoms with E-state index in [2.05, 4.69) is 5.32 Å². The lowest BCUT2D eigenvalue weighted by Crippen LogP contribution is -2.56. The molecule has 1 saturated heterocycles. The van der Waals surface area contributed by atoms with Crippen LogP contribution in [0.5, 0.6) is 0 Å². The SMILES string of the molecule is CC1C(=O)NCCN1C(=O)Cc1ccc(N)cc1. The van der Waals surface area contributed by atoms with Crippen LogP contribution in [0.1, 0.15) is 12.5 Å². The molecule has 5 heteroatoms. The summed E-state index contributed by atoms with van der Waals surface area (Å²) in [6.07, 6.45) is 0.303. The average Bonchev–Trinajstić information content (AvgIpc) is 2.35. The molecule has 1 atom stereocenters. The lowest BCUT2D eigenvalue weighted by Gasteiger charge is -2.32. The first-order chi connectivity index (χ1) is 8.58. The first kappa shape index (κ1) is 12.4. The van der Waals surface area contributed by atoms with Crippen molar-refractivity contribution in [1.29, 1.82) is 0 Å². The monoisotopic (exact) mass is 247 g/mol. The van der Waals surface area contributed by atoms with Crippen molar-refractivity contribution < 1.29 is 9.59 Å². The molecule has 1 aliphatic rings. The molecule has 1 aromatic rings. The predicted octanol–water partition coefficient (Wildman–Crippen LogP) is 0.158. The molecule has 0 bridgehead atoms. The van der Waals surface area contributed by atoms with Gasteiger partial charge in [-0.3, -0.25) is 9.59 Å². The van der Waals surface area contributed by atoms with E-state index in [9.17, 15) is 9.59 Å². The summed E-state index contributed by atoms with van der Waals surface area (Å²) in [6.45, 7) is 2.84. The van der Waals surface area contributed by atoms with Crippen LogP contribution >= 0.6 is 0 Å². The Hall–Kier alpha value is -2.04. The van der Waals surface area contributed by atoms with Crippen molar-refractivity contribution >= 4 is 17.5 Å². The second kappa shape index (κ2) is 5.08. The lowest BCUT2D eigenvalue weighted by molar-refractivity contribution is -0.142. The standard InChI is InChI=1S/C13H17N3O2/c1-9-13(18)15-6-7-16(9)12(17)8-10-2-4-11(14)5-3-10/h2-5,9H,6-8,14H2,1H3,(H,15,18).